The van der Waals surface area contributed by atoms with Crippen molar-refractivity contribution in [2.24, 2.45) is 0 Å². The number of aromatic carboxylic acids is 1. The summed E-state index contributed by atoms with van der Waals surface area (Å²) in [5.41, 5.74) is 2.61. The minimum Gasteiger partial charge on any atom is -0.478 e. The summed E-state index contributed by atoms with van der Waals surface area (Å²) in [7, 11) is 0. The van der Waals surface area contributed by atoms with E-state index in [1.165, 1.54) is 6.07 Å². The molecule has 0 aliphatic heterocycles. The number of hydrogen-bond donors (Lipinski definition) is 2. The van der Waals surface area contributed by atoms with Crippen molar-refractivity contribution in [3.05, 3.63) is 71.1 Å². The molecule has 0 amide bonds. The third-order valence-corrected chi connectivity index (χ3v) is 4.38. The molecule has 138 valence electrons. The fourth-order valence-corrected chi connectivity index (χ4v) is 3.16. The second-order valence-corrected chi connectivity index (χ2v) is 6.52. The topological polar surface area (TPSA) is 101 Å². The number of rotatable bonds is 4. The van der Waals surface area contributed by atoms with Gasteiger partial charge in [-0.25, -0.2) is 19.7 Å². The fraction of sp³-hybridized carbons (Fsp3) is 0.0500. The Bertz CT molecular complexity index is 1200. The molecule has 0 aliphatic carbocycles. The maximum Gasteiger partial charge on any atom is 0.337 e. The Morgan fingerprint density at radius 3 is 2.71 bits per heavy atom. The number of fused-ring (bicyclic) bond motifs is 1. The number of anilines is 2. The Kier molecular flexibility index (Phi) is 4.58. The molecule has 7 nitrogen and oxygen atoms in total. The van der Waals surface area contributed by atoms with Crippen molar-refractivity contribution < 1.29 is 9.90 Å². The van der Waals surface area contributed by atoms with E-state index in [0.717, 1.165) is 5.56 Å². The smallest absolute Gasteiger partial charge is 0.337 e. The van der Waals surface area contributed by atoms with Gasteiger partial charge in [0.1, 0.15) is 11.5 Å². The van der Waals surface area contributed by atoms with Crippen LogP contribution in [0.25, 0.3) is 22.4 Å². The molecular formula is C20H14ClN5O2. The van der Waals surface area contributed by atoms with E-state index in [1.54, 1.807) is 42.9 Å². The molecule has 2 heterocycles. The fourth-order valence-electron chi connectivity index (χ4n) is 2.89. The van der Waals surface area contributed by atoms with Crippen LogP contribution in [0.15, 0.2) is 55.0 Å². The van der Waals surface area contributed by atoms with Gasteiger partial charge in [-0.2, -0.15) is 0 Å². The normalized spacial score (nSPS) is 10.8. The van der Waals surface area contributed by atoms with Crippen LogP contribution in [0.2, 0.25) is 5.02 Å². The highest BCUT2D eigenvalue weighted by atomic mass is 35.5. The van der Waals surface area contributed by atoms with Crippen molar-refractivity contribution in [3.63, 3.8) is 0 Å². The maximum absolute atomic E-state index is 11.6. The predicted octanol–water partition coefficient (Wildman–Crippen LogP) is 4.49. The second-order valence-electron chi connectivity index (χ2n) is 6.08. The first kappa shape index (κ1) is 17.8. The van der Waals surface area contributed by atoms with Gasteiger partial charge in [-0.3, -0.25) is 4.98 Å². The van der Waals surface area contributed by atoms with E-state index in [-0.39, 0.29) is 5.56 Å². The molecular weight excluding hydrogens is 378 g/mol. The first-order chi connectivity index (χ1) is 13.5. The Morgan fingerprint density at radius 1 is 1.14 bits per heavy atom. The molecule has 0 saturated heterocycles. The van der Waals surface area contributed by atoms with Crippen LogP contribution >= 0.6 is 11.6 Å². The number of benzene rings is 2. The standard InChI is InChI=1S/C20H14ClN5O2/c1-11-8-12(21)9-14-17(11)25-19(16-10-22-6-7-23-16)26-18(14)24-15-5-3-2-4-13(15)20(27)28/h2-10H,1H3,(H,27,28)(H,24,25,26). The van der Waals surface area contributed by atoms with Gasteiger partial charge >= 0.3 is 5.97 Å². The average Bonchev–Trinajstić information content (AvgIpc) is 2.69. The lowest BCUT2D eigenvalue weighted by molar-refractivity contribution is 0.0698. The zero-order valence-corrected chi connectivity index (χ0v) is 15.5. The van der Waals surface area contributed by atoms with Gasteiger partial charge < -0.3 is 10.4 Å². The van der Waals surface area contributed by atoms with Crippen molar-refractivity contribution in [2.45, 2.75) is 6.92 Å². The Hall–Kier alpha value is -3.58. The number of nitrogens with one attached hydrogen (secondary N) is 1. The lowest BCUT2D eigenvalue weighted by Crippen LogP contribution is -2.05. The van der Waals surface area contributed by atoms with Crippen LogP contribution in [0, 0.1) is 6.92 Å². The van der Waals surface area contributed by atoms with Crippen LogP contribution in [0.1, 0.15) is 15.9 Å². The number of carbonyl (C=O) groups is 1. The molecule has 0 bridgehead atoms. The summed E-state index contributed by atoms with van der Waals surface area (Å²) in [6, 6.07) is 10.2. The van der Waals surface area contributed by atoms with Crippen molar-refractivity contribution in [3.8, 4) is 11.5 Å². The summed E-state index contributed by atoms with van der Waals surface area (Å²) in [6.07, 6.45) is 4.70. The van der Waals surface area contributed by atoms with Crippen LogP contribution in [0.4, 0.5) is 11.5 Å². The third kappa shape index (κ3) is 3.35. The SMILES string of the molecule is Cc1cc(Cl)cc2c(Nc3ccccc3C(=O)O)nc(-c3cnccn3)nc12. The molecule has 2 aromatic heterocycles. The molecule has 2 N–H and O–H groups in total. The van der Waals surface area contributed by atoms with Gasteiger partial charge in [0.15, 0.2) is 5.82 Å². The van der Waals surface area contributed by atoms with Crippen molar-refractivity contribution >= 4 is 40.0 Å². The molecule has 0 spiro atoms. The zero-order chi connectivity index (χ0) is 19.7. The number of halogens is 1. The number of aryl methyl sites for hydroxylation is 1. The summed E-state index contributed by atoms with van der Waals surface area (Å²) in [5.74, 6) is -0.226. The van der Waals surface area contributed by atoms with Crippen molar-refractivity contribution in [1.82, 2.24) is 19.9 Å². The first-order valence-electron chi connectivity index (χ1n) is 8.36. The van der Waals surface area contributed by atoms with E-state index in [1.807, 2.05) is 13.0 Å². The minimum absolute atomic E-state index is 0.133. The molecule has 2 aromatic carbocycles. The number of para-hydroxylation sites is 1. The maximum atomic E-state index is 11.6. The van der Waals surface area contributed by atoms with Gasteiger partial charge in [0.05, 0.1) is 23.0 Å². The number of aromatic nitrogens is 4. The lowest BCUT2D eigenvalue weighted by atomic mass is 10.1. The summed E-state index contributed by atoms with van der Waals surface area (Å²) < 4.78 is 0. The highest BCUT2D eigenvalue weighted by molar-refractivity contribution is 6.31. The molecule has 8 heteroatoms. The molecule has 0 atom stereocenters. The minimum atomic E-state index is -1.04. The van der Waals surface area contributed by atoms with Crippen molar-refractivity contribution in [2.75, 3.05) is 5.32 Å². The number of hydrogen-bond acceptors (Lipinski definition) is 6. The monoisotopic (exact) mass is 391 g/mol. The Morgan fingerprint density at radius 2 is 1.96 bits per heavy atom. The van der Waals surface area contributed by atoms with Crippen LogP contribution in [-0.2, 0) is 0 Å². The summed E-state index contributed by atoms with van der Waals surface area (Å²) in [4.78, 5) is 29.1. The van der Waals surface area contributed by atoms with E-state index in [2.05, 4.69) is 25.3 Å². The highest BCUT2D eigenvalue weighted by Gasteiger charge is 2.16. The summed E-state index contributed by atoms with van der Waals surface area (Å²) >= 11 is 6.24. The Labute approximate surface area is 165 Å². The third-order valence-electron chi connectivity index (χ3n) is 4.16. The molecule has 0 fully saturated rings. The van der Waals surface area contributed by atoms with E-state index in [9.17, 15) is 9.90 Å². The molecule has 0 unspecified atom stereocenters. The molecule has 4 rings (SSSR count). The van der Waals surface area contributed by atoms with Gasteiger partial charge in [0.25, 0.3) is 0 Å². The van der Waals surface area contributed by atoms with Crippen LogP contribution < -0.4 is 5.32 Å². The quantitative estimate of drug-likeness (QED) is 0.528. The van der Waals surface area contributed by atoms with E-state index in [0.29, 0.717) is 38.9 Å². The van der Waals surface area contributed by atoms with Gasteiger partial charge in [-0.15, -0.1) is 0 Å². The van der Waals surface area contributed by atoms with Crippen LogP contribution in [0.5, 0.6) is 0 Å². The van der Waals surface area contributed by atoms with E-state index in [4.69, 9.17) is 11.6 Å². The molecule has 4 aromatic rings. The largest absolute Gasteiger partial charge is 0.478 e. The first-order valence-corrected chi connectivity index (χ1v) is 8.74. The zero-order valence-electron chi connectivity index (χ0n) is 14.7. The molecule has 28 heavy (non-hydrogen) atoms. The van der Waals surface area contributed by atoms with Crippen LogP contribution in [-0.4, -0.2) is 31.0 Å². The molecule has 0 saturated carbocycles. The number of nitrogens with zero attached hydrogens (tertiary/aromatic N) is 4. The van der Waals surface area contributed by atoms with E-state index < -0.39 is 5.97 Å². The van der Waals surface area contributed by atoms with Gasteiger partial charge in [0, 0.05) is 22.8 Å². The van der Waals surface area contributed by atoms with Gasteiger partial charge in [-0.05, 0) is 36.8 Å². The van der Waals surface area contributed by atoms with Gasteiger partial charge in [0.2, 0.25) is 0 Å². The second kappa shape index (κ2) is 7.21. The summed E-state index contributed by atoms with van der Waals surface area (Å²) in [5, 5.41) is 13.8. The number of carboxylic acids is 1. The van der Waals surface area contributed by atoms with Crippen LogP contribution in [0.3, 0.4) is 0 Å². The van der Waals surface area contributed by atoms with Gasteiger partial charge in [-0.1, -0.05) is 23.7 Å². The number of carboxylic acid groups (broad SMARTS) is 1. The average molecular weight is 392 g/mol. The predicted molar refractivity (Wildman–Crippen MR) is 107 cm³/mol. The van der Waals surface area contributed by atoms with E-state index >= 15 is 0 Å². The molecule has 0 radical (unpaired) electrons. The highest BCUT2D eigenvalue weighted by Crippen LogP contribution is 2.31. The summed E-state index contributed by atoms with van der Waals surface area (Å²) in [6.45, 7) is 1.90. The lowest BCUT2D eigenvalue weighted by Gasteiger charge is -2.14. The van der Waals surface area contributed by atoms with Crippen molar-refractivity contribution in [1.29, 1.82) is 0 Å². The molecule has 0 aliphatic rings. The Balaban J connectivity index is 1.95.